The van der Waals surface area contributed by atoms with Gasteiger partial charge in [-0.25, -0.2) is 0 Å². The van der Waals surface area contributed by atoms with E-state index >= 15 is 0 Å². The van der Waals surface area contributed by atoms with Crippen LogP contribution < -0.4 is 5.32 Å². The van der Waals surface area contributed by atoms with Crippen molar-refractivity contribution in [2.24, 2.45) is 0 Å². The molecule has 23 heavy (non-hydrogen) atoms. The summed E-state index contributed by atoms with van der Waals surface area (Å²) in [5.41, 5.74) is 1.04. The van der Waals surface area contributed by atoms with Gasteiger partial charge in [-0.05, 0) is 25.3 Å². The maximum absolute atomic E-state index is 12.2. The van der Waals surface area contributed by atoms with Crippen LogP contribution in [0.25, 0.3) is 0 Å². The summed E-state index contributed by atoms with van der Waals surface area (Å²) >= 11 is 1.44. The average molecular weight is 333 g/mol. The first-order chi connectivity index (χ1) is 11.1. The van der Waals surface area contributed by atoms with Gasteiger partial charge in [-0.15, -0.1) is 10.2 Å². The molecule has 1 amide bonds. The standard InChI is InChI=1S/C17H23N3O2S/c1-4-14(5-2)16-19-20-17(23-16)18-15(21)12(3)22-11-13-9-7-6-8-10-13/h6-10,12,14H,4-5,11H2,1-3H3,(H,18,20,21)/t12-/m0/s1. The van der Waals surface area contributed by atoms with Crippen LogP contribution in [0, 0.1) is 0 Å². The molecule has 1 atom stereocenters. The Morgan fingerprint density at radius 3 is 2.57 bits per heavy atom. The number of hydrogen-bond donors (Lipinski definition) is 1. The number of nitrogens with one attached hydrogen (secondary N) is 1. The lowest BCUT2D eigenvalue weighted by molar-refractivity contribution is -0.127. The molecule has 0 aliphatic rings. The fourth-order valence-electron chi connectivity index (χ4n) is 2.17. The van der Waals surface area contributed by atoms with Crippen LogP contribution in [0.5, 0.6) is 0 Å². The number of benzene rings is 1. The van der Waals surface area contributed by atoms with Crippen LogP contribution in [0.3, 0.4) is 0 Å². The van der Waals surface area contributed by atoms with Crippen molar-refractivity contribution in [2.75, 3.05) is 5.32 Å². The summed E-state index contributed by atoms with van der Waals surface area (Å²) in [6.45, 7) is 6.41. The number of anilines is 1. The Bertz CT molecular complexity index is 611. The molecule has 124 valence electrons. The third kappa shape index (κ3) is 5.11. The summed E-state index contributed by atoms with van der Waals surface area (Å²) in [6.07, 6.45) is 1.50. The fourth-order valence-corrected chi connectivity index (χ4v) is 3.18. The Morgan fingerprint density at radius 2 is 1.91 bits per heavy atom. The summed E-state index contributed by atoms with van der Waals surface area (Å²) in [7, 11) is 0. The molecule has 5 nitrogen and oxygen atoms in total. The van der Waals surface area contributed by atoms with Gasteiger partial charge in [-0.2, -0.15) is 0 Å². The number of amides is 1. The first-order valence-corrected chi connectivity index (χ1v) is 8.75. The Kier molecular flexibility index (Phi) is 6.67. The molecule has 0 unspecified atom stereocenters. The van der Waals surface area contributed by atoms with Gasteiger partial charge in [0.25, 0.3) is 5.91 Å². The summed E-state index contributed by atoms with van der Waals surface area (Å²) in [6, 6.07) is 9.79. The molecule has 0 aliphatic heterocycles. The lowest BCUT2D eigenvalue weighted by Crippen LogP contribution is -2.27. The molecule has 0 aliphatic carbocycles. The van der Waals surface area contributed by atoms with Crippen LogP contribution in [0.15, 0.2) is 30.3 Å². The molecule has 1 heterocycles. The molecule has 2 rings (SSSR count). The molecule has 0 fully saturated rings. The Balaban J connectivity index is 1.86. The number of ether oxygens (including phenoxy) is 1. The molecular formula is C17H23N3O2S. The van der Waals surface area contributed by atoms with E-state index in [9.17, 15) is 4.79 Å². The van der Waals surface area contributed by atoms with Gasteiger partial charge in [-0.1, -0.05) is 55.5 Å². The maximum atomic E-state index is 12.2. The third-order valence-electron chi connectivity index (χ3n) is 3.72. The van der Waals surface area contributed by atoms with Gasteiger partial charge in [0.05, 0.1) is 6.61 Å². The SMILES string of the molecule is CCC(CC)c1nnc(NC(=O)[C@H](C)OCc2ccccc2)s1. The number of hydrogen-bond acceptors (Lipinski definition) is 5. The zero-order valence-electron chi connectivity index (χ0n) is 13.8. The highest BCUT2D eigenvalue weighted by Gasteiger charge is 2.18. The van der Waals surface area contributed by atoms with Gasteiger partial charge < -0.3 is 4.74 Å². The van der Waals surface area contributed by atoms with Crippen molar-refractivity contribution in [3.05, 3.63) is 40.9 Å². The first kappa shape index (κ1) is 17.6. The van der Waals surface area contributed by atoms with E-state index in [2.05, 4.69) is 29.4 Å². The van der Waals surface area contributed by atoms with E-state index in [0.29, 0.717) is 17.7 Å². The van der Waals surface area contributed by atoms with Crippen molar-refractivity contribution in [1.82, 2.24) is 10.2 Å². The molecule has 0 bridgehead atoms. The quantitative estimate of drug-likeness (QED) is 0.793. The summed E-state index contributed by atoms with van der Waals surface area (Å²) in [5, 5.41) is 12.5. The van der Waals surface area contributed by atoms with Gasteiger partial charge >= 0.3 is 0 Å². The molecule has 6 heteroatoms. The molecule has 0 radical (unpaired) electrons. The Hall–Kier alpha value is -1.79. The van der Waals surface area contributed by atoms with E-state index in [1.165, 1.54) is 11.3 Å². The smallest absolute Gasteiger partial charge is 0.255 e. The van der Waals surface area contributed by atoms with Crippen LogP contribution in [0.2, 0.25) is 0 Å². The first-order valence-electron chi connectivity index (χ1n) is 7.93. The van der Waals surface area contributed by atoms with Crippen molar-refractivity contribution < 1.29 is 9.53 Å². The summed E-state index contributed by atoms with van der Waals surface area (Å²) < 4.78 is 5.60. The second-order valence-electron chi connectivity index (χ2n) is 5.39. The van der Waals surface area contributed by atoms with Gasteiger partial charge in [-0.3, -0.25) is 10.1 Å². The monoisotopic (exact) mass is 333 g/mol. The second kappa shape index (κ2) is 8.74. The minimum Gasteiger partial charge on any atom is -0.364 e. The summed E-state index contributed by atoms with van der Waals surface area (Å²) in [4.78, 5) is 12.2. The van der Waals surface area contributed by atoms with Gasteiger partial charge in [0.15, 0.2) is 0 Å². The van der Waals surface area contributed by atoms with E-state index in [0.717, 1.165) is 23.4 Å². The van der Waals surface area contributed by atoms with Crippen LogP contribution in [0.4, 0.5) is 5.13 Å². The Labute approximate surface area is 141 Å². The lowest BCUT2D eigenvalue weighted by atomic mass is 10.1. The molecule has 2 aromatic rings. The van der Waals surface area contributed by atoms with Gasteiger partial charge in [0.1, 0.15) is 11.1 Å². The molecule has 1 aromatic heterocycles. The Morgan fingerprint density at radius 1 is 1.22 bits per heavy atom. The number of rotatable bonds is 8. The molecular weight excluding hydrogens is 310 g/mol. The molecule has 1 aromatic carbocycles. The van der Waals surface area contributed by atoms with Crippen LogP contribution in [-0.2, 0) is 16.1 Å². The van der Waals surface area contributed by atoms with Crippen molar-refractivity contribution in [1.29, 1.82) is 0 Å². The fraction of sp³-hybridized carbons (Fsp3) is 0.471. The maximum Gasteiger partial charge on any atom is 0.255 e. The second-order valence-corrected chi connectivity index (χ2v) is 6.40. The van der Waals surface area contributed by atoms with Crippen LogP contribution in [0.1, 0.15) is 50.1 Å². The van der Waals surface area contributed by atoms with Gasteiger partial charge in [0, 0.05) is 5.92 Å². The van der Waals surface area contributed by atoms with Crippen LogP contribution in [-0.4, -0.2) is 22.2 Å². The normalized spacial score (nSPS) is 12.3. The topological polar surface area (TPSA) is 64.1 Å². The highest BCUT2D eigenvalue weighted by molar-refractivity contribution is 7.15. The predicted octanol–water partition coefficient (Wildman–Crippen LogP) is 3.99. The summed E-state index contributed by atoms with van der Waals surface area (Å²) in [5.74, 6) is 0.207. The van der Waals surface area contributed by atoms with E-state index < -0.39 is 6.10 Å². The molecule has 0 saturated heterocycles. The zero-order valence-corrected chi connectivity index (χ0v) is 14.6. The van der Waals surface area contributed by atoms with Crippen molar-refractivity contribution in [2.45, 2.75) is 52.2 Å². The number of nitrogens with zero attached hydrogens (tertiary/aromatic N) is 2. The highest BCUT2D eigenvalue weighted by Crippen LogP contribution is 2.28. The van der Waals surface area contributed by atoms with E-state index in [4.69, 9.17) is 4.74 Å². The van der Waals surface area contributed by atoms with Crippen LogP contribution >= 0.6 is 11.3 Å². The highest BCUT2D eigenvalue weighted by atomic mass is 32.1. The number of aromatic nitrogens is 2. The number of carbonyl (C=O) groups is 1. The van der Waals surface area contributed by atoms with E-state index in [1.807, 2.05) is 30.3 Å². The molecule has 1 N–H and O–H groups in total. The van der Waals surface area contributed by atoms with Crippen molar-refractivity contribution in [3.63, 3.8) is 0 Å². The minimum absolute atomic E-state index is 0.201. The lowest BCUT2D eigenvalue weighted by Gasteiger charge is -2.12. The number of carbonyl (C=O) groups excluding carboxylic acids is 1. The molecule has 0 spiro atoms. The third-order valence-corrected chi connectivity index (χ3v) is 4.72. The van der Waals surface area contributed by atoms with E-state index in [-0.39, 0.29) is 5.91 Å². The largest absolute Gasteiger partial charge is 0.364 e. The minimum atomic E-state index is -0.546. The van der Waals surface area contributed by atoms with E-state index in [1.54, 1.807) is 6.92 Å². The molecule has 0 saturated carbocycles. The zero-order chi connectivity index (χ0) is 16.7. The average Bonchev–Trinajstić information content (AvgIpc) is 3.03. The van der Waals surface area contributed by atoms with Gasteiger partial charge in [0.2, 0.25) is 5.13 Å². The van der Waals surface area contributed by atoms with Crippen molar-refractivity contribution in [3.8, 4) is 0 Å². The van der Waals surface area contributed by atoms with Crippen molar-refractivity contribution >= 4 is 22.4 Å². The predicted molar refractivity (Wildman–Crippen MR) is 92.6 cm³/mol.